The zero-order valence-electron chi connectivity index (χ0n) is 15.2. The molecule has 1 aromatic heterocycles. The number of nitrogens with one attached hydrogen (secondary N) is 3. The van der Waals surface area contributed by atoms with E-state index in [-0.39, 0.29) is 17.9 Å². The average molecular weight is 354 g/mol. The van der Waals surface area contributed by atoms with E-state index < -0.39 is 0 Å². The predicted octanol–water partition coefficient (Wildman–Crippen LogP) is 1.95. The van der Waals surface area contributed by atoms with E-state index in [9.17, 15) is 9.59 Å². The number of hydrogen-bond acceptors (Lipinski definition) is 3. The lowest BCUT2D eigenvalue weighted by molar-refractivity contribution is -0.122. The van der Waals surface area contributed by atoms with Crippen LogP contribution in [0.1, 0.15) is 41.7 Å². The molecule has 6 heteroatoms. The van der Waals surface area contributed by atoms with E-state index in [0.717, 1.165) is 49.7 Å². The van der Waals surface area contributed by atoms with Gasteiger partial charge in [0, 0.05) is 36.1 Å². The second kappa shape index (κ2) is 7.11. The van der Waals surface area contributed by atoms with Gasteiger partial charge in [-0.3, -0.25) is 14.5 Å². The lowest BCUT2D eigenvalue weighted by atomic mass is 10.0. The van der Waals surface area contributed by atoms with Crippen molar-refractivity contribution < 1.29 is 9.59 Å². The second-order valence-electron chi connectivity index (χ2n) is 7.64. The topological polar surface area (TPSA) is 77.2 Å². The summed E-state index contributed by atoms with van der Waals surface area (Å²) in [4.78, 5) is 29.8. The van der Waals surface area contributed by atoms with Gasteiger partial charge in [-0.25, -0.2) is 0 Å². The van der Waals surface area contributed by atoms with Crippen molar-refractivity contribution in [2.75, 3.05) is 19.6 Å². The fourth-order valence-corrected chi connectivity index (χ4v) is 3.58. The van der Waals surface area contributed by atoms with E-state index in [4.69, 9.17) is 0 Å². The van der Waals surface area contributed by atoms with Crippen LogP contribution in [0.3, 0.4) is 0 Å². The molecule has 4 rings (SSSR count). The van der Waals surface area contributed by atoms with E-state index >= 15 is 0 Å². The highest BCUT2D eigenvalue weighted by Crippen LogP contribution is 2.19. The molecule has 0 spiro atoms. The van der Waals surface area contributed by atoms with Crippen LogP contribution in [0.5, 0.6) is 0 Å². The maximum absolute atomic E-state index is 12.5. The van der Waals surface area contributed by atoms with Gasteiger partial charge in [-0.1, -0.05) is 11.6 Å². The molecular formula is C20H26N4O2. The van der Waals surface area contributed by atoms with Gasteiger partial charge in [0.2, 0.25) is 5.91 Å². The quantitative estimate of drug-likeness (QED) is 0.768. The van der Waals surface area contributed by atoms with E-state index in [1.54, 1.807) is 0 Å². The summed E-state index contributed by atoms with van der Waals surface area (Å²) >= 11 is 0. The summed E-state index contributed by atoms with van der Waals surface area (Å²) in [6.07, 6.45) is 3.99. The van der Waals surface area contributed by atoms with Crippen molar-refractivity contribution in [3.8, 4) is 0 Å². The Morgan fingerprint density at radius 2 is 1.81 bits per heavy atom. The van der Waals surface area contributed by atoms with Crippen molar-refractivity contribution in [1.29, 1.82) is 0 Å². The van der Waals surface area contributed by atoms with Gasteiger partial charge in [-0.2, -0.15) is 0 Å². The highest BCUT2D eigenvalue weighted by molar-refractivity contribution is 5.98. The molecule has 1 aliphatic carbocycles. The number of H-pyrrole nitrogens is 1. The maximum atomic E-state index is 12.5. The van der Waals surface area contributed by atoms with E-state index in [1.807, 2.05) is 25.1 Å². The summed E-state index contributed by atoms with van der Waals surface area (Å²) in [6.45, 7) is 4.20. The predicted molar refractivity (Wildman–Crippen MR) is 101 cm³/mol. The molecule has 0 bridgehead atoms. The summed E-state index contributed by atoms with van der Waals surface area (Å²) in [6, 6.07) is 8.61. The highest BCUT2D eigenvalue weighted by atomic mass is 16.2. The molecule has 1 saturated carbocycles. The number of hydrogen-bond donors (Lipinski definition) is 3. The number of carbonyl (C=O) groups excluding carboxylic acids is 2. The van der Waals surface area contributed by atoms with Crippen molar-refractivity contribution in [2.45, 2.75) is 44.7 Å². The minimum Gasteiger partial charge on any atom is -0.352 e. The van der Waals surface area contributed by atoms with Gasteiger partial charge in [0.25, 0.3) is 5.91 Å². The Hall–Kier alpha value is -2.34. The molecule has 1 aromatic carbocycles. The average Bonchev–Trinajstić information content (AvgIpc) is 3.31. The number of carbonyl (C=O) groups is 2. The first-order valence-electron chi connectivity index (χ1n) is 9.49. The molecule has 138 valence electrons. The molecular weight excluding hydrogens is 328 g/mol. The Kier molecular flexibility index (Phi) is 4.68. The fourth-order valence-electron chi connectivity index (χ4n) is 3.58. The smallest absolute Gasteiger partial charge is 0.267 e. The number of aryl methyl sites for hydroxylation is 1. The summed E-state index contributed by atoms with van der Waals surface area (Å²) in [5.74, 6) is 0.0761. The monoisotopic (exact) mass is 354 g/mol. The summed E-state index contributed by atoms with van der Waals surface area (Å²) in [5, 5.41) is 7.22. The second-order valence-corrected chi connectivity index (χ2v) is 7.64. The zero-order chi connectivity index (χ0) is 18.1. The minimum atomic E-state index is -0.0521. The minimum absolute atomic E-state index is 0.0521. The molecule has 3 N–H and O–H groups in total. The Bertz CT molecular complexity index is 816. The van der Waals surface area contributed by atoms with Crippen LogP contribution in [0.25, 0.3) is 10.9 Å². The van der Waals surface area contributed by atoms with Crippen molar-refractivity contribution in [2.24, 2.45) is 0 Å². The van der Waals surface area contributed by atoms with Gasteiger partial charge in [0.15, 0.2) is 0 Å². The van der Waals surface area contributed by atoms with Crippen LogP contribution in [0.15, 0.2) is 24.3 Å². The fraction of sp³-hybridized carbons (Fsp3) is 0.500. The number of benzene rings is 1. The molecule has 2 heterocycles. The number of fused-ring (bicyclic) bond motifs is 1. The van der Waals surface area contributed by atoms with Crippen LogP contribution >= 0.6 is 0 Å². The van der Waals surface area contributed by atoms with Crippen LogP contribution in [0, 0.1) is 6.92 Å². The van der Waals surface area contributed by atoms with Gasteiger partial charge in [-0.05, 0) is 50.8 Å². The van der Waals surface area contributed by atoms with E-state index in [2.05, 4.69) is 26.6 Å². The van der Waals surface area contributed by atoms with Crippen LogP contribution < -0.4 is 10.6 Å². The third-order valence-electron chi connectivity index (χ3n) is 5.25. The molecule has 0 atom stereocenters. The first kappa shape index (κ1) is 17.1. The highest BCUT2D eigenvalue weighted by Gasteiger charge is 2.26. The van der Waals surface area contributed by atoms with E-state index in [1.165, 1.54) is 5.56 Å². The Balaban J connectivity index is 1.27. The first-order valence-corrected chi connectivity index (χ1v) is 9.49. The van der Waals surface area contributed by atoms with Crippen molar-refractivity contribution in [3.05, 3.63) is 35.5 Å². The zero-order valence-corrected chi connectivity index (χ0v) is 15.2. The molecule has 26 heavy (non-hydrogen) atoms. The van der Waals surface area contributed by atoms with Gasteiger partial charge < -0.3 is 15.6 Å². The third-order valence-corrected chi connectivity index (χ3v) is 5.25. The van der Waals surface area contributed by atoms with Gasteiger partial charge >= 0.3 is 0 Å². The van der Waals surface area contributed by atoms with Crippen molar-refractivity contribution in [3.63, 3.8) is 0 Å². The van der Waals surface area contributed by atoms with Crippen molar-refractivity contribution >= 4 is 22.7 Å². The molecule has 0 unspecified atom stereocenters. The molecule has 2 amide bonds. The third kappa shape index (κ3) is 4.07. The molecule has 2 aliphatic rings. The Morgan fingerprint density at radius 1 is 1.08 bits per heavy atom. The largest absolute Gasteiger partial charge is 0.352 e. The van der Waals surface area contributed by atoms with E-state index in [0.29, 0.717) is 18.3 Å². The summed E-state index contributed by atoms with van der Waals surface area (Å²) in [7, 11) is 0. The number of piperidine rings is 1. The van der Waals surface area contributed by atoms with Crippen LogP contribution in [-0.4, -0.2) is 53.4 Å². The molecule has 0 radical (unpaired) electrons. The van der Waals surface area contributed by atoms with Crippen molar-refractivity contribution in [1.82, 2.24) is 20.5 Å². The Morgan fingerprint density at radius 3 is 2.54 bits per heavy atom. The first-order chi connectivity index (χ1) is 12.6. The maximum Gasteiger partial charge on any atom is 0.267 e. The van der Waals surface area contributed by atoms with Crippen LogP contribution in [0.2, 0.25) is 0 Å². The molecule has 1 aliphatic heterocycles. The van der Waals surface area contributed by atoms with Gasteiger partial charge in [-0.15, -0.1) is 0 Å². The Labute approximate surface area is 153 Å². The van der Waals surface area contributed by atoms with Gasteiger partial charge in [0.05, 0.1) is 6.54 Å². The molecule has 1 saturated heterocycles. The normalized spacial score (nSPS) is 18.8. The molecule has 6 nitrogen and oxygen atoms in total. The number of rotatable bonds is 5. The number of amides is 2. The summed E-state index contributed by atoms with van der Waals surface area (Å²) < 4.78 is 0. The lowest BCUT2D eigenvalue weighted by Gasteiger charge is -2.31. The number of nitrogens with zero attached hydrogens (tertiary/aromatic N) is 1. The summed E-state index contributed by atoms with van der Waals surface area (Å²) in [5.41, 5.74) is 2.77. The van der Waals surface area contributed by atoms with Gasteiger partial charge in [0.1, 0.15) is 5.69 Å². The number of aromatic nitrogens is 1. The lowest BCUT2D eigenvalue weighted by Crippen LogP contribution is -2.47. The van der Waals surface area contributed by atoms with Crippen LogP contribution in [0.4, 0.5) is 0 Å². The molecule has 2 aromatic rings. The number of likely N-dealkylation sites (tertiary alicyclic amines) is 1. The standard InChI is InChI=1S/C20H26N4O2/c1-13-2-5-17-14(10-13)11-18(23-17)20(26)22-16-6-8-24(9-7-16)12-19(25)21-15-3-4-15/h2,5,10-11,15-16,23H,3-4,6-9,12H2,1H3,(H,21,25)(H,22,26). The SMILES string of the molecule is Cc1ccc2[nH]c(C(=O)NC3CCN(CC(=O)NC4CC4)CC3)cc2c1. The van der Waals surface area contributed by atoms with Crippen LogP contribution in [-0.2, 0) is 4.79 Å². The number of aromatic amines is 1. The molecule has 2 fully saturated rings.